The van der Waals surface area contributed by atoms with Crippen LogP contribution in [0.3, 0.4) is 0 Å². The summed E-state index contributed by atoms with van der Waals surface area (Å²) in [6, 6.07) is 4.49. The van der Waals surface area contributed by atoms with Gasteiger partial charge in [-0.2, -0.15) is 13.2 Å². The van der Waals surface area contributed by atoms with Gasteiger partial charge in [0.05, 0.1) is 5.56 Å². The first-order valence-electron chi connectivity index (χ1n) is 5.55. The molecule has 0 N–H and O–H groups in total. The summed E-state index contributed by atoms with van der Waals surface area (Å²) in [7, 11) is 0. The van der Waals surface area contributed by atoms with Crippen molar-refractivity contribution in [3.63, 3.8) is 0 Å². The van der Waals surface area contributed by atoms with E-state index in [-0.39, 0.29) is 9.89 Å². The highest BCUT2D eigenvalue weighted by Crippen LogP contribution is 2.38. The van der Waals surface area contributed by atoms with Crippen molar-refractivity contribution >= 4 is 15.9 Å². The Labute approximate surface area is 108 Å². The van der Waals surface area contributed by atoms with Crippen LogP contribution in [-0.2, 0) is 11.6 Å². The van der Waals surface area contributed by atoms with E-state index in [0.29, 0.717) is 0 Å². The van der Waals surface area contributed by atoms with Crippen molar-refractivity contribution in [2.75, 3.05) is 0 Å². The van der Waals surface area contributed by atoms with Gasteiger partial charge in [-0.25, -0.2) is 0 Å². The Morgan fingerprint density at radius 1 is 1.18 bits per heavy atom. The molecule has 1 aromatic carbocycles. The summed E-state index contributed by atoms with van der Waals surface area (Å²) in [4.78, 5) is 0. The van der Waals surface area contributed by atoms with Crippen LogP contribution in [0.1, 0.15) is 44.7 Å². The molecule has 0 aromatic heterocycles. The molecule has 0 fully saturated rings. The predicted molar refractivity (Wildman–Crippen MR) is 67.1 cm³/mol. The van der Waals surface area contributed by atoms with Crippen molar-refractivity contribution in [3.8, 4) is 0 Å². The topological polar surface area (TPSA) is 0 Å². The Hall–Kier alpha value is -0.510. The fourth-order valence-electron chi connectivity index (χ4n) is 1.93. The summed E-state index contributed by atoms with van der Waals surface area (Å²) in [5.74, 6) is 0. The lowest BCUT2D eigenvalue weighted by molar-refractivity contribution is -0.138. The van der Waals surface area contributed by atoms with E-state index >= 15 is 0 Å². The van der Waals surface area contributed by atoms with Crippen LogP contribution in [0.2, 0.25) is 0 Å². The molecule has 0 aliphatic carbocycles. The standard InChI is InChI=1S/C13H16BrF3/c1-4-7-12(2,3)9-5-6-11(14)10(8-9)13(15,16)17/h5-6,8H,4,7H2,1-3H3. The molecule has 0 bridgehead atoms. The molecular weight excluding hydrogens is 293 g/mol. The summed E-state index contributed by atoms with van der Waals surface area (Å²) in [5, 5.41) is 0. The zero-order valence-corrected chi connectivity index (χ0v) is 11.7. The quantitative estimate of drug-likeness (QED) is 0.687. The highest BCUT2D eigenvalue weighted by Gasteiger charge is 2.34. The third-order valence-corrected chi connectivity index (χ3v) is 3.62. The van der Waals surface area contributed by atoms with Crippen molar-refractivity contribution in [3.05, 3.63) is 33.8 Å². The monoisotopic (exact) mass is 308 g/mol. The van der Waals surface area contributed by atoms with Gasteiger partial charge in [0.15, 0.2) is 0 Å². The number of hydrogen-bond donors (Lipinski definition) is 0. The SMILES string of the molecule is CCCC(C)(C)c1ccc(Br)c(C(F)(F)F)c1. The molecule has 0 atom stereocenters. The van der Waals surface area contributed by atoms with Crippen LogP contribution in [0.4, 0.5) is 13.2 Å². The number of rotatable bonds is 3. The second kappa shape index (κ2) is 5.01. The number of halogens is 4. The Morgan fingerprint density at radius 2 is 1.76 bits per heavy atom. The van der Waals surface area contributed by atoms with Crippen LogP contribution >= 0.6 is 15.9 Å². The van der Waals surface area contributed by atoms with Crippen molar-refractivity contribution in [2.45, 2.75) is 45.2 Å². The normalized spacial score (nSPS) is 12.9. The maximum atomic E-state index is 12.8. The predicted octanol–water partition coefficient (Wildman–Crippen LogP) is 5.55. The van der Waals surface area contributed by atoms with Crippen molar-refractivity contribution in [1.82, 2.24) is 0 Å². The van der Waals surface area contributed by atoms with Crippen LogP contribution in [0, 0.1) is 0 Å². The maximum Gasteiger partial charge on any atom is 0.417 e. The fraction of sp³-hybridized carbons (Fsp3) is 0.538. The number of benzene rings is 1. The first-order valence-corrected chi connectivity index (χ1v) is 6.35. The molecule has 0 radical (unpaired) electrons. The average Bonchev–Trinajstić information content (AvgIpc) is 2.15. The van der Waals surface area contributed by atoms with Crippen molar-refractivity contribution < 1.29 is 13.2 Å². The lowest BCUT2D eigenvalue weighted by atomic mass is 9.80. The Kier molecular flexibility index (Phi) is 4.28. The summed E-state index contributed by atoms with van der Waals surface area (Å²) in [5.41, 5.74) is -0.0934. The van der Waals surface area contributed by atoms with Crippen LogP contribution in [-0.4, -0.2) is 0 Å². The summed E-state index contributed by atoms with van der Waals surface area (Å²) in [6.07, 6.45) is -2.49. The smallest absolute Gasteiger partial charge is 0.166 e. The van der Waals surface area contributed by atoms with E-state index in [1.54, 1.807) is 6.07 Å². The van der Waals surface area contributed by atoms with Crippen LogP contribution < -0.4 is 0 Å². The molecule has 0 spiro atoms. The van der Waals surface area contributed by atoms with E-state index in [9.17, 15) is 13.2 Å². The first-order chi connectivity index (χ1) is 7.68. The third kappa shape index (κ3) is 3.47. The van der Waals surface area contributed by atoms with Gasteiger partial charge < -0.3 is 0 Å². The van der Waals surface area contributed by atoms with Gasteiger partial charge in [-0.3, -0.25) is 0 Å². The Balaban J connectivity index is 3.22. The van der Waals surface area contributed by atoms with Gasteiger partial charge in [0.1, 0.15) is 0 Å². The van der Waals surface area contributed by atoms with Gasteiger partial charge in [0.25, 0.3) is 0 Å². The summed E-state index contributed by atoms with van der Waals surface area (Å²) < 4.78 is 38.4. The Bertz CT molecular complexity index is 394. The zero-order chi connectivity index (χ0) is 13.3. The van der Waals surface area contributed by atoms with Crippen LogP contribution in [0.5, 0.6) is 0 Å². The van der Waals surface area contributed by atoms with E-state index in [1.807, 2.05) is 20.8 Å². The lowest BCUT2D eigenvalue weighted by Gasteiger charge is -2.26. The van der Waals surface area contributed by atoms with Gasteiger partial charge in [-0.15, -0.1) is 0 Å². The summed E-state index contributed by atoms with van der Waals surface area (Å²) >= 11 is 2.95. The minimum Gasteiger partial charge on any atom is -0.166 e. The van der Waals surface area contributed by atoms with E-state index in [4.69, 9.17) is 0 Å². The van der Waals surface area contributed by atoms with Crippen molar-refractivity contribution in [2.24, 2.45) is 0 Å². The maximum absolute atomic E-state index is 12.8. The van der Waals surface area contributed by atoms with Gasteiger partial charge in [-0.05, 0) is 29.5 Å². The molecule has 0 unspecified atom stereocenters. The molecule has 0 nitrogen and oxygen atoms in total. The minimum atomic E-state index is -4.31. The average molecular weight is 309 g/mol. The minimum absolute atomic E-state index is 0.0982. The highest BCUT2D eigenvalue weighted by molar-refractivity contribution is 9.10. The van der Waals surface area contributed by atoms with Gasteiger partial charge >= 0.3 is 6.18 Å². The molecule has 4 heteroatoms. The van der Waals surface area contributed by atoms with E-state index in [2.05, 4.69) is 15.9 Å². The zero-order valence-electron chi connectivity index (χ0n) is 10.2. The van der Waals surface area contributed by atoms with Crippen molar-refractivity contribution in [1.29, 1.82) is 0 Å². The molecule has 0 amide bonds. The molecular formula is C13H16BrF3. The fourth-order valence-corrected chi connectivity index (χ4v) is 2.40. The molecule has 1 aromatic rings. The lowest BCUT2D eigenvalue weighted by Crippen LogP contribution is -2.18. The molecule has 0 saturated carbocycles. The Morgan fingerprint density at radius 3 is 2.24 bits per heavy atom. The van der Waals surface area contributed by atoms with E-state index in [0.717, 1.165) is 18.4 Å². The van der Waals surface area contributed by atoms with E-state index < -0.39 is 11.7 Å². The van der Waals surface area contributed by atoms with E-state index in [1.165, 1.54) is 12.1 Å². The largest absolute Gasteiger partial charge is 0.417 e. The first kappa shape index (κ1) is 14.6. The van der Waals surface area contributed by atoms with Crippen LogP contribution in [0.25, 0.3) is 0 Å². The molecule has 1 rings (SSSR count). The van der Waals surface area contributed by atoms with Gasteiger partial charge in [0, 0.05) is 4.47 Å². The van der Waals surface area contributed by atoms with Crippen LogP contribution in [0.15, 0.2) is 22.7 Å². The molecule has 0 aliphatic heterocycles. The third-order valence-electron chi connectivity index (χ3n) is 2.93. The highest BCUT2D eigenvalue weighted by atomic mass is 79.9. The molecule has 0 aliphatic rings. The second-order valence-corrected chi connectivity index (χ2v) is 5.68. The summed E-state index contributed by atoms with van der Waals surface area (Å²) in [6.45, 7) is 5.98. The molecule has 0 saturated heterocycles. The molecule has 17 heavy (non-hydrogen) atoms. The molecule has 96 valence electrons. The van der Waals surface area contributed by atoms with Gasteiger partial charge in [0.2, 0.25) is 0 Å². The molecule has 0 heterocycles. The van der Waals surface area contributed by atoms with Gasteiger partial charge in [-0.1, -0.05) is 49.2 Å². The second-order valence-electron chi connectivity index (χ2n) is 4.83. The number of hydrogen-bond acceptors (Lipinski definition) is 0. The number of alkyl halides is 3.